The molecule has 0 fully saturated rings. The fourth-order valence-electron chi connectivity index (χ4n) is 0.871. The molecule has 7 nitrogen and oxygen atoms in total. The number of aromatic nitrogens is 2. The highest BCUT2D eigenvalue weighted by Gasteiger charge is 2.08. The summed E-state index contributed by atoms with van der Waals surface area (Å²) in [5.74, 6) is 0.323. The van der Waals surface area contributed by atoms with E-state index in [4.69, 9.17) is 17.5 Å². The number of nitrogens with zero attached hydrogens (tertiary/aromatic N) is 2. The first kappa shape index (κ1) is 11.9. The highest BCUT2D eigenvalue weighted by molar-refractivity contribution is 7.80. The molecule has 3 N–H and O–H groups in total. The minimum absolute atomic E-state index is 0.0270. The van der Waals surface area contributed by atoms with Crippen LogP contribution in [0.1, 0.15) is 12.5 Å². The quantitative estimate of drug-likeness (QED) is 0.657. The molecule has 1 aromatic heterocycles. The Balaban J connectivity index is 2.52. The van der Waals surface area contributed by atoms with Crippen LogP contribution in [-0.2, 0) is 4.74 Å². The van der Waals surface area contributed by atoms with Gasteiger partial charge in [0.25, 0.3) is 0 Å². The largest absolute Gasteiger partial charge is 0.450 e. The predicted molar refractivity (Wildman–Crippen MR) is 59.7 cm³/mol. The summed E-state index contributed by atoms with van der Waals surface area (Å²) >= 11 is 4.82. The Kier molecular flexibility index (Phi) is 4.23. The van der Waals surface area contributed by atoms with Crippen LogP contribution >= 0.6 is 12.2 Å². The molecule has 0 aromatic carbocycles. The third kappa shape index (κ3) is 3.21. The number of hydrogen-bond donors (Lipinski definition) is 3. The predicted octanol–water partition coefficient (Wildman–Crippen LogP) is 0.724. The van der Waals surface area contributed by atoms with E-state index in [1.165, 1.54) is 6.20 Å². The second kappa shape index (κ2) is 5.67. The lowest BCUT2D eigenvalue weighted by atomic mass is 10.4. The smallest absolute Gasteiger partial charge is 0.413 e. The van der Waals surface area contributed by atoms with Crippen molar-refractivity contribution in [1.82, 2.24) is 15.5 Å². The van der Waals surface area contributed by atoms with Gasteiger partial charge in [-0.3, -0.25) is 10.4 Å². The molecule has 1 amide bonds. The lowest BCUT2D eigenvalue weighted by Crippen LogP contribution is -2.34. The number of ether oxygens (including phenoxy) is 1. The zero-order chi connectivity index (χ0) is 12.0. The summed E-state index contributed by atoms with van der Waals surface area (Å²) in [6, 6.07) is 1.90. The first-order valence-electron chi connectivity index (χ1n) is 4.35. The third-order valence-corrected chi connectivity index (χ3v) is 1.69. The molecular formula is C8H9N5O2S. The molecule has 1 heterocycles. The van der Waals surface area contributed by atoms with Gasteiger partial charge in [0.1, 0.15) is 17.5 Å². The number of amides is 1. The molecule has 1 aromatic rings. The minimum Gasteiger partial charge on any atom is -0.450 e. The van der Waals surface area contributed by atoms with E-state index in [0.29, 0.717) is 11.4 Å². The van der Waals surface area contributed by atoms with Gasteiger partial charge in [0.2, 0.25) is 0 Å². The fourth-order valence-corrected chi connectivity index (χ4v) is 1.06. The Labute approximate surface area is 96.8 Å². The second-order valence-electron chi connectivity index (χ2n) is 2.57. The van der Waals surface area contributed by atoms with Gasteiger partial charge in [-0.15, -0.1) is 0 Å². The number of anilines is 1. The zero-order valence-corrected chi connectivity index (χ0v) is 9.22. The summed E-state index contributed by atoms with van der Waals surface area (Å²) in [4.78, 5) is 11.0. The van der Waals surface area contributed by atoms with Crippen LogP contribution in [0, 0.1) is 11.3 Å². The topological polar surface area (TPSA) is 103 Å². The summed E-state index contributed by atoms with van der Waals surface area (Å²) < 4.78 is 4.62. The molecule has 8 heteroatoms. The van der Waals surface area contributed by atoms with Crippen molar-refractivity contribution in [3.63, 3.8) is 0 Å². The Morgan fingerprint density at radius 3 is 3.19 bits per heavy atom. The molecule has 0 aliphatic carbocycles. The molecule has 16 heavy (non-hydrogen) atoms. The summed E-state index contributed by atoms with van der Waals surface area (Å²) in [6.45, 7) is 1.93. The Hall–Kier alpha value is -2.14. The van der Waals surface area contributed by atoms with Crippen LogP contribution in [0.5, 0.6) is 0 Å². The molecule has 0 saturated heterocycles. The van der Waals surface area contributed by atoms with Gasteiger partial charge in [0.15, 0.2) is 5.11 Å². The third-order valence-electron chi connectivity index (χ3n) is 1.49. The van der Waals surface area contributed by atoms with Crippen LogP contribution in [0.4, 0.5) is 10.6 Å². The number of alkyl carbamates (subject to hydrolysis) is 1. The highest BCUT2D eigenvalue weighted by Crippen LogP contribution is 2.08. The molecule has 0 bridgehead atoms. The Bertz CT molecular complexity index is 436. The summed E-state index contributed by atoms with van der Waals surface area (Å²) in [6.07, 6.45) is 0.688. The number of carbonyl (C=O) groups is 1. The number of rotatable bonds is 2. The molecule has 0 atom stereocenters. The van der Waals surface area contributed by atoms with Gasteiger partial charge in [-0.1, -0.05) is 0 Å². The molecule has 0 saturated carbocycles. The van der Waals surface area contributed by atoms with Gasteiger partial charge < -0.3 is 10.1 Å². The molecule has 0 unspecified atom stereocenters. The van der Waals surface area contributed by atoms with E-state index in [9.17, 15) is 4.79 Å². The van der Waals surface area contributed by atoms with E-state index >= 15 is 0 Å². The van der Waals surface area contributed by atoms with E-state index in [-0.39, 0.29) is 11.7 Å². The van der Waals surface area contributed by atoms with Crippen LogP contribution < -0.4 is 10.6 Å². The first-order chi connectivity index (χ1) is 7.67. The second-order valence-corrected chi connectivity index (χ2v) is 2.98. The van der Waals surface area contributed by atoms with Crippen molar-refractivity contribution in [2.24, 2.45) is 0 Å². The number of nitrogens with one attached hydrogen (secondary N) is 3. The normalized spacial score (nSPS) is 9.00. The number of aromatic amines is 1. The standard InChI is InChI=1S/C8H9N5O2S/c1-2-15-8(14)12-7(16)11-6-5(3-9)4-10-13-6/h4H,2H2,1H3,(H3,10,11,12,13,14,16). The monoisotopic (exact) mass is 239 g/mol. The van der Waals surface area contributed by atoms with Crippen LogP contribution in [0.25, 0.3) is 0 Å². The number of H-pyrrole nitrogens is 1. The van der Waals surface area contributed by atoms with E-state index in [1.807, 2.05) is 6.07 Å². The zero-order valence-electron chi connectivity index (χ0n) is 8.40. The van der Waals surface area contributed by atoms with Crippen molar-refractivity contribution in [3.05, 3.63) is 11.8 Å². The van der Waals surface area contributed by atoms with Crippen LogP contribution in [0.2, 0.25) is 0 Å². The minimum atomic E-state index is -0.655. The molecule has 84 valence electrons. The summed E-state index contributed by atoms with van der Waals surface area (Å²) in [5, 5.41) is 19.8. The summed E-state index contributed by atoms with van der Waals surface area (Å²) in [5.41, 5.74) is 0.299. The fraction of sp³-hybridized carbons (Fsp3) is 0.250. The number of hydrogen-bond acceptors (Lipinski definition) is 5. The van der Waals surface area contributed by atoms with Gasteiger partial charge in [-0.2, -0.15) is 10.4 Å². The average molecular weight is 239 g/mol. The molecular weight excluding hydrogens is 230 g/mol. The van der Waals surface area contributed by atoms with E-state index in [2.05, 4.69) is 25.6 Å². The molecule has 0 radical (unpaired) electrons. The van der Waals surface area contributed by atoms with Gasteiger partial charge in [-0.05, 0) is 19.1 Å². The van der Waals surface area contributed by atoms with E-state index in [0.717, 1.165) is 0 Å². The van der Waals surface area contributed by atoms with Gasteiger partial charge in [0, 0.05) is 0 Å². The van der Waals surface area contributed by atoms with Gasteiger partial charge >= 0.3 is 6.09 Å². The van der Waals surface area contributed by atoms with Gasteiger partial charge in [-0.25, -0.2) is 4.79 Å². The van der Waals surface area contributed by atoms with Crippen LogP contribution in [0.3, 0.4) is 0 Å². The lowest BCUT2D eigenvalue weighted by Gasteiger charge is -2.07. The number of thiocarbonyl (C=S) groups is 1. The van der Waals surface area contributed by atoms with Crippen LogP contribution in [0.15, 0.2) is 6.20 Å². The lowest BCUT2D eigenvalue weighted by molar-refractivity contribution is 0.158. The van der Waals surface area contributed by atoms with Crippen LogP contribution in [-0.4, -0.2) is 28.0 Å². The number of nitriles is 1. The molecule has 1 rings (SSSR count). The maximum atomic E-state index is 11.0. The Morgan fingerprint density at radius 2 is 2.56 bits per heavy atom. The first-order valence-corrected chi connectivity index (χ1v) is 4.76. The van der Waals surface area contributed by atoms with Gasteiger partial charge in [0.05, 0.1) is 12.8 Å². The average Bonchev–Trinajstić information content (AvgIpc) is 2.65. The SMILES string of the molecule is CCOC(=O)NC(=S)Nc1[nH]ncc1C#N. The van der Waals surface area contributed by atoms with Crippen molar-refractivity contribution in [2.45, 2.75) is 6.92 Å². The van der Waals surface area contributed by atoms with Crippen molar-refractivity contribution < 1.29 is 9.53 Å². The maximum absolute atomic E-state index is 11.0. The molecule has 0 aliphatic heterocycles. The van der Waals surface area contributed by atoms with Crippen molar-refractivity contribution >= 4 is 29.2 Å². The van der Waals surface area contributed by atoms with E-state index in [1.54, 1.807) is 6.92 Å². The highest BCUT2D eigenvalue weighted by atomic mass is 32.1. The molecule has 0 aliphatic rings. The van der Waals surface area contributed by atoms with Crippen molar-refractivity contribution in [2.75, 3.05) is 11.9 Å². The Morgan fingerprint density at radius 1 is 1.81 bits per heavy atom. The number of carbonyl (C=O) groups excluding carboxylic acids is 1. The summed E-state index contributed by atoms with van der Waals surface area (Å²) in [7, 11) is 0. The van der Waals surface area contributed by atoms with Crippen molar-refractivity contribution in [3.8, 4) is 6.07 Å². The van der Waals surface area contributed by atoms with Crippen molar-refractivity contribution in [1.29, 1.82) is 5.26 Å². The maximum Gasteiger partial charge on any atom is 0.413 e. The molecule has 0 spiro atoms. The van der Waals surface area contributed by atoms with E-state index < -0.39 is 6.09 Å².